The van der Waals surface area contributed by atoms with Crippen LogP contribution in [0.3, 0.4) is 0 Å². The lowest BCUT2D eigenvalue weighted by atomic mass is 10.1. The molecule has 0 radical (unpaired) electrons. The SMILES string of the molecule is CCn1cc(C(=O)N/N=C/c2ccc(F)cc2)c(=O)c2ccc(C)nc21. The fourth-order valence-corrected chi connectivity index (χ4v) is 2.54. The summed E-state index contributed by atoms with van der Waals surface area (Å²) in [7, 11) is 0. The van der Waals surface area contributed by atoms with Gasteiger partial charge in [0.15, 0.2) is 0 Å². The first-order valence-electron chi connectivity index (χ1n) is 8.09. The number of pyridine rings is 2. The van der Waals surface area contributed by atoms with Crippen molar-refractivity contribution in [2.24, 2.45) is 5.10 Å². The van der Waals surface area contributed by atoms with Gasteiger partial charge < -0.3 is 4.57 Å². The Morgan fingerprint density at radius 2 is 2.00 bits per heavy atom. The van der Waals surface area contributed by atoms with Gasteiger partial charge in [-0.1, -0.05) is 12.1 Å². The number of nitrogens with zero attached hydrogens (tertiary/aromatic N) is 3. The number of fused-ring (bicyclic) bond motifs is 1. The van der Waals surface area contributed by atoms with E-state index in [-0.39, 0.29) is 11.4 Å². The standard InChI is InChI=1S/C19H17FN4O2/c1-3-24-11-16(17(25)15-9-4-12(2)22-18(15)24)19(26)23-21-10-13-5-7-14(20)8-6-13/h4-11H,3H2,1-2H3,(H,23,26)/b21-10+. The maximum absolute atomic E-state index is 12.9. The van der Waals surface area contributed by atoms with Gasteiger partial charge in [0.1, 0.15) is 17.0 Å². The molecule has 2 heterocycles. The third-order valence-corrected chi connectivity index (χ3v) is 3.90. The number of benzene rings is 1. The third-order valence-electron chi connectivity index (χ3n) is 3.90. The predicted octanol–water partition coefficient (Wildman–Crippen LogP) is 2.63. The maximum Gasteiger partial charge on any atom is 0.276 e. The largest absolute Gasteiger partial charge is 0.332 e. The molecule has 3 aromatic rings. The van der Waals surface area contributed by atoms with Crippen LogP contribution in [0.5, 0.6) is 0 Å². The molecule has 0 aliphatic rings. The number of halogens is 1. The van der Waals surface area contributed by atoms with E-state index in [1.165, 1.54) is 36.7 Å². The second-order valence-corrected chi connectivity index (χ2v) is 5.73. The molecule has 0 spiro atoms. The predicted molar refractivity (Wildman–Crippen MR) is 97.9 cm³/mol. The van der Waals surface area contributed by atoms with Crippen molar-refractivity contribution >= 4 is 23.2 Å². The van der Waals surface area contributed by atoms with Gasteiger partial charge in [-0.15, -0.1) is 0 Å². The van der Waals surface area contributed by atoms with Gasteiger partial charge in [0.05, 0.1) is 11.6 Å². The number of aryl methyl sites for hydroxylation is 2. The first-order valence-corrected chi connectivity index (χ1v) is 8.09. The van der Waals surface area contributed by atoms with Crippen LogP contribution in [0.4, 0.5) is 4.39 Å². The molecular weight excluding hydrogens is 335 g/mol. The number of aromatic nitrogens is 2. The molecule has 1 aromatic carbocycles. The lowest BCUT2D eigenvalue weighted by molar-refractivity contribution is 0.0953. The summed E-state index contributed by atoms with van der Waals surface area (Å²) < 4.78 is 14.6. The molecule has 3 rings (SSSR count). The Labute approximate surface area is 149 Å². The van der Waals surface area contributed by atoms with E-state index in [9.17, 15) is 14.0 Å². The van der Waals surface area contributed by atoms with Gasteiger partial charge in [-0.2, -0.15) is 5.10 Å². The number of carbonyl (C=O) groups is 1. The Kier molecular flexibility index (Phi) is 4.88. The van der Waals surface area contributed by atoms with Gasteiger partial charge in [-0.05, 0) is 43.7 Å². The number of rotatable bonds is 4. The third kappa shape index (κ3) is 3.51. The van der Waals surface area contributed by atoms with E-state index in [0.29, 0.717) is 23.1 Å². The number of hydrazone groups is 1. The molecule has 132 valence electrons. The van der Waals surface area contributed by atoms with Crippen molar-refractivity contribution in [2.45, 2.75) is 20.4 Å². The quantitative estimate of drug-likeness (QED) is 0.579. The van der Waals surface area contributed by atoms with Crippen LogP contribution in [0.15, 0.2) is 52.5 Å². The summed E-state index contributed by atoms with van der Waals surface area (Å²) in [4.78, 5) is 29.4. The van der Waals surface area contributed by atoms with Gasteiger partial charge in [-0.3, -0.25) is 9.59 Å². The van der Waals surface area contributed by atoms with E-state index in [0.717, 1.165) is 5.69 Å². The summed E-state index contributed by atoms with van der Waals surface area (Å²) in [5.74, 6) is -0.968. The first-order chi connectivity index (χ1) is 12.5. The molecule has 1 N–H and O–H groups in total. The zero-order valence-electron chi connectivity index (χ0n) is 14.4. The van der Waals surface area contributed by atoms with Crippen molar-refractivity contribution < 1.29 is 9.18 Å². The Balaban J connectivity index is 1.90. The van der Waals surface area contributed by atoms with Crippen molar-refractivity contribution in [1.82, 2.24) is 15.0 Å². The highest BCUT2D eigenvalue weighted by Gasteiger charge is 2.15. The topological polar surface area (TPSA) is 76.3 Å². The second kappa shape index (κ2) is 7.26. The Bertz CT molecular complexity index is 1060. The molecule has 0 unspecified atom stereocenters. The minimum absolute atomic E-state index is 0.0127. The number of amides is 1. The van der Waals surface area contributed by atoms with Crippen molar-refractivity contribution in [2.75, 3.05) is 0 Å². The fourth-order valence-electron chi connectivity index (χ4n) is 2.54. The molecule has 1 amide bonds. The monoisotopic (exact) mass is 352 g/mol. The van der Waals surface area contributed by atoms with Crippen LogP contribution >= 0.6 is 0 Å². The minimum Gasteiger partial charge on any atom is -0.332 e. The second-order valence-electron chi connectivity index (χ2n) is 5.73. The van der Waals surface area contributed by atoms with Gasteiger partial charge in [-0.25, -0.2) is 14.8 Å². The highest BCUT2D eigenvalue weighted by Crippen LogP contribution is 2.11. The normalized spacial score (nSPS) is 11.2. The lowest BCUT2D eigenvalue weighted by Gasteiger charge is -2.10. The van der Waals surface area contributed by atoms with E-state index in [1.807, 2.05) is 13.8 Å². The molecule has 0 saturated carbocycles. The zero-order valence-corrected chi connectivity index (χ0v) is 14.4. The van der Waals surface area contributed by atoms with E-state index >= 15 is 0 Å². The minimum atomic E-state index is -0.613. The summed E-state index contributed by atoms with van der Waals surface area (Å²) in [5, 5.41) is 4.21. The van der Waals surface area contributed by atoms with Crippen molar-refractivity contribution in [1.29, 1.82) is 0 Å². The highest BCUT2D eigenvalue weighted by atomic mass is 19.1. The van der Waals surface area contributed by atoms with Crippen LogP contribution in [0, 0.1) is 12.7 Å². The van der Waals surface area contributed by atoms with E-state index < -0.39 is 11.3 Å². The summed E-state index contributed by atoms with van der Waals surface area (Å²) in [6, 6.07) is 9.05. The molecule has 0 aliphatic carbocycles. The Morgan fingerprint density at radius 3 is 2.69 bits per heavy atom. The van der Waals surface area contributed by atoms with Crippen molar-refractivity contribution in [3.8, 4) is 0 Å². The number of carbonyl (C=O) groups excluding carboxylic acids is 1. The van der Waals surface area contributed by atoms with Crippen LogP contribution in [-0.4, -0.2) is 21.7 Å². The summed E-state index contributed by atoms with van der Waals surface area (Å²) in [6.07, 6.45) is 2.86. The van der Waals surface area contributed by atoms with E-state index in [4.69, 9.17) is 0 Å². The number of hydrogen-bond acceptors (Lipinski definition) is 4. The molecule has 0 fully saturated rings. The lowest BCUT2D eigenvalue weighted by Crippen LogP contribution is -2.27. The van der Waals surface area contributed by atoms with Crippen LogP contribution in [0.1, 0.15) is 28.5 Å². The summed E-state index contributed by atoms with van der Waals surface area (Å²) >= 11 is 0. The van der Waals surface area contributed by atoms with Gasteiger partial charge in [0.2, 0.25) is 5.43 Å². The molecular formula is C19H17FN4O2. The zero-order chi connectivity index (χ0) is 18.7. The summed E-state index contributed by atoms with van der Waals surface area (Å²) in [5.41, 5.74) is 3.88. The Hall–Kier alpha value is -3.35. The van der Waals surface area contributed by atoms with Crippen LogP contribution < -0.4 is 10.9 Å². The molecule has 6 nitrogen and oxygen atoms in total. The van der Waals surface area contributed by atoms with Crippen LogP contribution in [0.2, 0.25) is 0 Å². The molecule has 0 aliphatic heterocycles. The van der Waals surface area contributed by atoms with Gasteiger partial charge >= 0.3 is 0 Å². The van der Waals surface area contributed by atoms with Gasteiger partial charge in [0.25, 0.3) is 5.91 Å². The van der Waals surface area contributed by atoms with Crippen LogP contribution in [0.25, 0.3) is 11.0 Å². The van der Waals surface area contributed by atoms with Gasteiger partial charge in [0, 0.05) is 18.4 Å². The smallest absolute Gasteiger partial charge is 0.276 e. The fraction of sp³-hybridized carbons (Fsp3) is 0.158. The average molecular weight is 352 g/mol. The molecule has 7 heteroatoms. The van der Waals surface area contributed by atoms with E-state index in [1.54, 1.807) is 16.7 Å². The molecule has 0 saturated heterocycles. The number of nitrogens with one attached hydrogen (secondary N) is 1. The van der Waals surface area contributed by atoms with Crippen molar-refractivity contribution in [3.05, 3.63) is 75.5 Å². The molecule has 0 bridgehead atoms. The van der Waals surface area contributed by atoms with Crippen LogP contribution in [-0.2, 0) is 6.54 Å². The molecule has 0 atom stereocenters. The Morgan fingerprint density at radius 1 is 1.27 bits per heavy atom. The summed E-state index contributed by atoms with van der Waals surface area (Å²) in [6.45, 7) is 4.31. The molecule has 26 heavy (non-hydrogen) atoms. The highest BCUT2D eigenvalue weighted by molar-refractivity contribution is 5.97. The maximum atomic E-state index is 12.9. The average Bonchev–Trinajstić information content (AvgIpc) is 2.63. The van der Waals surface area contributed by atoms with E-state index in [2.05, 4.69) is 15.5 Å². The molecule has 2 aromatic heterocycles. The van der Waals surface area contributed by atoms with Crippen molar-refractivity contribution in [3.63, 3.8) is 0 Å². The number of hydrogen-bond donors (Lipinski definition) is 1. The first kappa shape index (κ1) is 17.5.